The van der Waals surface area contributed by atoms with Crippen molar-refractivity contribution < 1.29 is 17.9 Å². The summed E-state index contributed by atoms with van der Waals surface area (Å²) in [7, 11) is 1.57. The van der Waals surface area contributed by atoms with Gasteiger partial charge in [0.2, 0.25) is 0 Å². The molecular weight excluding hydrogens is 314 g/mol. The van der Waals surface area contributed by atoms with E-state index in [2.05, 4.69) is 5.32 Å². The van der Waals surface area contributed by atoms with Crippen LogP contribution in [-0.2, 0) is 13.8 Å². The highest BCUT2D eigenvalue weighted by atomic mass is 35.7. The second-order valence-corrected chi connectivity index (χ2v) is 7.77. The van der Waals surface area contributed by atoms with Gasteiger partial charge in [0.15, 0.2) is 6.61 Å². The Morgan fingerprint density at radius 3 is 2.43 bits per heavy atom. The Labute approximate surface area is 130 Å². The lowest BCUT2D eigenvalue weighted by molar-refractivity contribution is -0.123. The molecule has 1 rings (SSSR count). The Hall–Kier alpha value is -1.27. The van der Waals surface area contributed by atoms with Crippen molar-refractivity contribution in [2.24, 2.45) is 5.92 Å². The summed E-state index contributed by atoms with van der Waals surface area (Å²) in [6.07, 6.45) is 0. The zero-order valence-electron chi connectivity index (χ0n) is 12.6. The molecular formula is C14H20ClNO4S. The van der Waals surface area contributed by atoms with Crippen molar-refractivity contribution in [1.82, 2.24) is 5.32 Å². The van der Waals surface area contributed by atoms with Gasteiger partial charge in [-0.05, 0) is 43.0 Å². The third-order valence-corrected chi connectivity index (χ3v) is 4.48. The van der Waals surface area contributed by atoms with Gasteiger partial charge in [0.1, 0.15) is 5.75 Å². The van der Waals surface area contributed by atoms with Gasteiger partial charge in [0, 0.05) is 17.2 Å². The molecule has 0 aromatic heterocycles. The van der Waals surface area contributed by atoms with Crippen LogP contribution in [0.1, 0.15) is 25.0 Å². The third kappa shape index (κ3) is 5.21. The average molecular weight is 334 g/mol. The maximum atomic E-state index is 11.6. The summed E-state index contributed by atoms with van der Waals surface area (Å²) in [5.74, 6) is 0.622. The first kappa shape index (κ1) is 17.8. The van der Waals surface area contributed by atoms with Crippen molar-refractivity contribution in [2.45, 2.75) is 32.6 Å². The minimum absolute atomic E-state index is 0.0540. The molecule has 5 nitrogen and oxygen atoms in total. The van der Waals surface area contributed by atoms with Crippen LogP contribution in [0.2, 0.25) is 0 Å². The molecule has 0 saturated carbocycles. The van der Waals surface area contributed by atoms with Gasteiger partial charge in [0.05, 0.1) is 4.90 Å². The molecule has 1 amide bonds. The second kappa shape index (κ2) is 7.13. The van der Waals surface area contributed by atoms with Crippen LogP contribution in [0, 0.1) is 19.8 Å². The van der Waals surface area contributed by atoms with E-state index < -0.39 is 9.05 Å². The minimum atomic E-state index is -3.78. The summed E-state index contributed by atoms with van der Waals surface area (Å²) in [6.45, 7) is 7.85. The number of benzene rings is 1. The topological polar surface area (TPSA) is 72.5 Å². The molecule has 0 saturated heterocycles. The Bertz CT molecular complexity index is 626. The van der Waals surface area contributed by atoms with Gasteiger partial charge in [-0.1, -0.05) is 13.8 Å². The number of amides is 1. The van der Waals surface area contributed by atoms with Crippen LogP contribution < -0.4 is 10.1 Å². The van der Waals surface area contributed by atoms with Crippen molar-refractivity contribution in [1.29, 1.82) is 0 Å². The van der Waals surface area contributed by atoms with E-state index in [1.165, 1.54) is 12.1 Å². The molecule has 0 aliphatic heterocycles. The summed E-state index contributed by atoms with van der Waals surface area (Å²) in [5.41, 5.74) is 1.17. The van der Waals surface area contributed by atoms with E-state index in [0.29, 0.717) is 29.3 Å². The van der Waals surface area contributed by atoms with Crippen LogP contribution in [0.3, 0.4) is 0 Å². The quantitative estimate of drug-likeness (QED) is 0.811. The summed E-state index contributed by atoms with van der Waals surface area (Å²) in [6, 6.07) is 2.89. The van der Waals surface area contributed by atoms with E-state index in [9.17, 15) is 13.2 Å². The number of hydrogen-bond acceptors (Lipinski definition) is 4. The highest BCUT2D eigenvalue weighted by Gasteiger charge is 2.17. The van der Waals surface area contributed by atoms with Crippen molar-refractivity contribution in [2.75, 3.05) is 13.2 Å². The first-order chi connectivity index (χ1) is 9.62. The number of rotatable bonds is 6. The van der Waals surface area contributed by atoms with E-state index in [1.807, 2.05) is 13.8 Å². The lowest BCUT2D eigenvalue weighted by Gasteiger charge is -2.13. The lowest BCUT2D eigenvalue weighted by atomic mass is 10.1. The lowest BCUT2D eigenvalue weighted by Crippen LogP contribution is -2.31. The van der Waals surface area contributed by atoms with Gasteiger partial charge in [-0.25, -0.2) is 8.42 Å². The van der Waals surface area contributed by atoms with Crippen LogP contribution in [0.25, 0.3) is 0 Å². The number of carbonyl (C=O) groups is 1. The van der Waals surface area contributed by atoms with E-state index >= 15 is 0 Å². The molecule has 0 aliphatic rings. The fourth-order valence-corrected chi connectivity index (χ4v) is 2.95. The molecule has 1 aromatic rings. The molecule has 0 spiro atoms. The third-order valence-electron chi connectivity index (χ3n) is 3.02. The zero-order valence-corrected chi connectivity index (χ0v) is 14.1. The molecule has 21 heavy (non-hydrogen) atoms. The first-order valence-corrected chi connectivity index (χ1v) is 8.88. The monoisotopic (exact) mass is 333 g/mol. The molecule has 0 unspecified atom stereocenters. The predicted octanol–water partition coefficient (Wildman–Crippen LogP) is 2.38. The Kier molecular flexibility index (Phi) is 6.04. The molecule has 118 valence electrons. The van der Waals surface area contributed by atoms with Gasteiger partial charge in [-0.2, -0.15) is 0 Å². The normalized spacial score (nSPS) is 11.5. The highest BCUT2D eigenvalue weighted by molar-refractivity contribution is 8.13. The smallest absolute Gasteiger partial charge is 0.261 e. The fourth-order valence-electron chi connectivity index (χ4n) is 1.70. The SMILES string of the molecule is Cc1c(OCC(=O)NCC(C)C)ccc(S(=O)(=O)Cl)c1C. The van der Waals surface area contributed by atoms with Crippen molar-refractivity contribution in [3.05, 3.63) is 23.3 Å². The second-order valence-electron chi connectivity index (χ2n) is 5.24. The van der Waals surface area contributed by atoms with Gasteiger partial charge in [0.25, 0.3) is 15.0 Å². The van der Waals surface area contributed by atoms with E-state index in [4.69, 9.17) is 15.4 Å². The Morgan fingerprint density at radius 2 is 1.90 bits per heavy atom. The fraction of sp³-hybridized carbons (Fsp3) is 0.500. The first-order valence-electron chi connectivity index (χ1n) is 6.57. The van der Waals surface area contributed by atoms with Crippen molar-refractivity contribution in [3.63, 3.8) is 0 Å². The molecule has 0 radical (unpaired) electrons. The van der Waals surface area contributed by atoms with E-state index in [-0.39, 0.29) is 17.4 Å². The highest BCUT2D eigenvalue weighted by Crippen LogP contribution is 2.28. The number of halogens is 1. The van der Waals surface area contributed by atoms with E-state index in [1.54, 1.807) is 13.8 Å². The number of hydrogen-bond donors (Lipinski definition) is 1. The summed E-state index contributed by atoms with van der Waals surface area (Å²) in [4.78, 5) is 11.6. The average Bonchev–Trinajstić information content (AvgIpc) is 2.36. The van der Waals surface area contributed by atoms with Gasteiger partial charge < -0.3 is 10.1 Å². The maximum absolute atomic E-state index is 11.6. The molecule has 0 aliphatic carbocycles. The molecule has 0 heterocycles. The molecule has 1 N–H and O–H groups in total. The molecule has 7 heteroatoms. The maximum Gasteiger partial charge on any atom is 0.261 e. The summed E-state index contributed by atoms with van der Waals surface area (Å²) < 4.78 is 28.2. The van der Waals surface area contributed by atoms with Crippen molar-refractivity contribution in [3.8, 4) is 5.75 Å². The molecule has 1 aromatic carbocycles. The van der Waals surface area contributed by atoms with Crippen LogP contribution >= 0.6 is 10.7 Å². The van der Waals surface area contributed by atoms with Crippen molar-refractivity contribution >= 4 is 25.6 Å². The molecule has 0 atom stereocenters. The largest absolute Gasteiger partial charge is 0.483 e. The molecule has 0 bridgehead atoms. The predicted molar refractivity (Wildman–Crippen MR) is 82.3 cm³/mol. The summed E-state index contributed by atoms with van der Waals surface area (Å²) >= 11 is 0. The number of carbonyl (C=O) groups excluding carboxylic acids is 1. The Balaban J connectivity index is 2.78. The molecule has 0 fully saturated rings. The van der Waals surface area contributed by atoms with Gasteiger partial charge in [-0.3, -0.25) is 4.79 Å². The zero-order chi connectivity index (χ0) is 16.2. The summed E-state index contributed by atoms with van der Waals surface area (Å²) in [5, 5.41) is 2.74. The van der Waals surface area contributed by atoms with Crippen LogP contribution in [0.15, 0.2) is 17.0 Å². The van der Waals surface area contributed by atoms with E-state index in [0.717, 1.165) is 0 Å². The number of ether oxygens (including phenoxy) is 1. The van der Waals surface area contributed by atoms with Crippen LogP contribution in [0.5, 0.6) is 5.75 Å². The van der Waals surface area contributed by atoms with Gasteiger partial charge in [-0.15, -0.1) is 0 Å². The number of nitrogens with one attached hydrogen (secondary N) is 1. The Morgan fingerprint density at radius 1 is 1.29 bits per heavy atom. The van der Waals surface area contributed by atoms with Gasteiger partial charge >= 0.3 is 0 Å². The van der Waals surface area contributed by atoms with Crippen LogP contribution in [-0.4, -0.2) is 27.5 Å². The minimum Gasteiger partial charge on any atom is -0.483 e. The standard InChI is InChI=1S/C14H20ClNO4S/c1-9(2)7-16-14(17)8-20-12-5-6-13(21(15,18)19)11(4)10(12)3/h5-6,9H,7-8H2,1-4H3,(H,16,17). The van der Waals surface area contributed by atoms with Crippen LogP contribution in [0.4, 0.5) is 0 Å².